The first-order chi connectivity index (χ1) is 11.8. The lowest BCUT2D eigenvalue weighted by molar-refractivity contribution is -0.118. The van der Waals surface area contributed by atoms with E-state index in [1.54, 1.807) is 12.1 Å². The Morgan fingerprint density at radius 2 is 2.08 bits per heavy atom. The standard InChI is InChI=1S/C18H17N3O3/c1-2-13-6-3-4-9-16(13)23-11-17(22)20-15-8-5-7-14(10-15)18-21-19-12-24-18/h3-10,12H,2,11H2,1H3,(H,20,22). The predicted molar refractivity (Wildman–Crippen MR) is 89.7 cm³/mol. The van der Waals surface area contributed by atoms with Crippen molar-refractivity contribution in [2.24, 2.45) is 0 Å². The number of hydrogen-bond donors (Lipinski definition) is 1. The van der Waals surface area contributed by atoms with Crippen LogP contribution < -0.4 is 10.1 Å². The lowest BCUT2D eigenvalue weighted by Crippen LogP contribution is -2.20. The smallest absolute Gasteiger partial charge is 0.262 e. The van der Waals surface area contributed by atoms with Gasteiger partial charge in [0.1, 0.15) is 5.75 Å². The van der Waals surface area contributed by atoms with Gasteiger partial charge in [-0.1, -0.05) is 31.2 Å². The third-order valence-electron chi connectivity index (χ3n) is 3.47. The van der Waals surface area contributed by atoms with Gasteiger partial charge in [0.05, 0.1) is 0 Å². The molecule has 1 aromatic heterocycles. The van der Waals surface area contributed by atoms with Crippen LogP contribution in [0.2, 0.25) is 0 Å². The Balaban J connectivity index is 1.62. The maximum Gasteiger partial charge on any atom is 0.262 e. The Bertz CT molecular complexity index is 816. The molecule has 0 spiro atoms. The summed E-state index contributed by atoms with van der Waals surface area (Å²) < 4.78 is 10.8. The summed E-state index contributed by atoms with van der Waals surface area (Å²) in [6.07, 6.45) is 2.11. The van der Waals surface area contributed by atoms with E-state index in [9.17, 15) is 4.79 Å². The van der Waals surface area contributed by atoms with Crippen molar-refractivity contribution < 1.29 is 13.9 Å². The van der Waals surface area contributed by atoms with Crippen LogP contribution in [-0.2, 0) is 11.2 Å². The molecule has 0 saturated carbocycles. The Kier molecular flexibility index (Phi) is 4.86. The highest BCUT2D eigenvalue weighted by Crippen LogP contribution is 2.21. The number of rotatable bonds is 6. The third-order valence-corrected chi connectivity index (χ3v) is 3.47. The fraction of sp³-hybridized carbons (Fsp3) is 0.167. The van der Waals surface area contributed by atoms with Gasteiger partial charge in [-0.15, -0.1) is 10.2 Å². The molecule has 24 heavy (non-hydrogen) atoms. The lowest BCUT2D eigenvalue weighted by Gasteiger charge is -2.10. The van der Waals surface area contributed by atoms with Gasteiger partial charge in [0.25, 0.3) is 5.91 Å². The Labute approximate surface area is 139 Å². The van der Waals surface area contributed by atoms with Crippen LogP contribution in [0.5, 0.6) is 5.75 Å². The number of aromatic nitrogens is 2. The van der Waals surface area contributed by atoms with E-state index < -0.39 is 0 Å². The zero-order valence-electron chi connectivity index (χ0n) is 13.2. The quantitative estimate of drug-likeness (QED) is 0.753. The number of anilines is 1. The van der Waals surface area contributed by atoms with Crippen LogP contribution in [0, 0.1) is 0 Å². The molecule has 6 nitrogen and oxygen atoms in total. The molecule has 0 atom stereocenters. The second kappa shape index (κ2) is 7.41. The maximum absolute atomic E-state index is 12.1. The van der Waals surface area contributed by atoms with E-state index in [0.717, 1.165) is 23.3 Å². The van der Waals surface area contributed by atoms with E-state index in [-0.39, 0.29) is 12.5 Å². The summed E-state index contributed by atoms with van der Waals surface area (Å²) in [6, 6.07) is 14.9. The number of carbonyl (C=O) groups excluding carboxylic acids is 1. The minimum Gasteiger partial charge on any atom is -0.483 e. The van der Waals surface area contributed by atoms with Gasteiger partial charge >= 0.3 is 0 Å². The average Bonchev–Trinajstić information content (AvgIpc) is 3.15. The first-order valence-corrected chi connectivity index (χ1v) is 7.63. The SMILES string of the molecule is CCc1ccccc1OCC(=O)Nc1cccc(-c2nnco2)c1. The number of hydrogen-bond acceptors (Lipinski definition) is 5. The number of benzene rings is 2. The van der Waals surface area contributed by atoms with Crippen LogP contribution in [-0.4, -0.2) is 22.7 Å². The first-order valence-electron chi connectivity index (χ1n) is 7.63. The van der Waals surface area contributed by atoms with E-state index in [0.29, 0.717) is 11.6 Å². The number of nitrogens with zero attached hydrogens (tertiary/aromatic N) is 2. The molecule has 3 rings (SSSR count). The summed E-state index contributed by atoms with van der Waals surface area (Å²) in [5.41, 5.74) is 2.45. The van der Waals surface area contributed by atoms with Crippen molar-refractivity contribution in [2.45, 2.75) is 13.3 Å². The van der Waals surface area contributed by atoms with Gasteiger partial charge in [0.15, 0.2) is 6.61 Å². The van der Waals surface area contributed by atoms with Crippen LogP contribution in [0.1, 0.15) is 12.5 Å². The molecule has 0 bridgehead atoms. The molecule has 1 heterocycles. The van der Waals surface area contributed by atoms with E-state index >= 15 is 0 Å². The van der Waals surface area contributed by atoms with Crippen LogP contribution in [0.4, 0.5) is 5.69 Å². The molecule has 3 aromatic rings. The van der Waals surface area contributed by atoms with Crippen molar-refractivity contribution in [3.8, 4) is 17.2 Å². The van der Waals surface area contributed by atoms with Crippen molar-refractivity contribution in [3.05, 3.63) is 60.5 Å². The topological polar surface area (TPSA) is 77.2 Å². The van der Waals surface area contributed by atoms with Crippen LogP contribution in [0.25, 0.3) is 11.5 Å². The minimum absolute atomic E-state index is 0.0538. The van der Waals surface area contributed by atoms with Crippen LogP contribution in [0.3, 0.4) is 0 Å². The normalized spacial score (nSPS) is 10.4. The summed E-state index contributed by atoms with van der Waals surface area (Å²) in [6.45, 7) is 1.99. The van der Waals surface area contributed by atoms with E-state index in [2.05, 4.69) is 15.5 Å². The average molecular weight is 323 g/mol. The highest BCUT2D eigenvalue weighted by molar-refractivity contribution is 5.92. The first kappa shape index (κ1) is 15.7. The highest BCUT2D eigenvalue weighted by Gasteiger charge is 2.08. The lowest BCUT2D eigenvalue weighted by atomic mass is 10.1. The van der Waals surface area contributed by atoms with Gasteiger partial charge in [-0.05, 0) is 36.2 Å². The fourth-order valence-electron chi connectivity index (χ4n) is 2.31. The van der Waals surface area contributed by atoms with Crippen molar-refractivity contribution in [1.82, 2.24) is 10.2 Å². The zero-order chi connectivity index (χ0) is 16.8. The molecule has 0 saturated heterocycles. The number of para-hydroxylation sites is 1. The zero-order valence-corrected chi connectivity index (χ0v) is 13.2. The Morgan fingerprint density at radius 3 is 2.88 bits per heavy atom. The molecule has 0 radical (unpaired) electrons. The van der Waals surface area contributed by atoms with Gasteiger partial charge in [0, 0.05) is 11.3 Å². The molecule has 0 aliphatic carbocycles. The second-order valence-electron chi connectivity index (χ2n) is 5.12. The monoisotopic (exact) mass is 323 g/mol. The van der Waals surface area contributed by atoms with Crippen molar-refractivity contribution in [1.29, 1.82) is 0 Å². The van der Waals surface area contributed by atoms with Crippen molar-refractivity contribution >= 4 is 11.6 Å². The second-order valence-corrected chi connectivity index (χ2v) is 5.12. The summed E-state index contributed by atoms with van der Waals surface area (Å²) >= 11 is 0. The minimum atomic E-state index is -0.233. The summed E-state index contributed by atoms with van der Waals surface area (Å²) in [7, 11) is 0. The summed E-state index contributed by atoms with van der Waals surface area (Å²) in [5, 5.41) is 10.3. The number of amides is 1. The maximum atomic E-state index is 12.1. The molecule has 0 fully saturated rings. The number of carbonyl (C=O) groups is 1. The van der Waals surface area contributed by atoms with E-state index in [1.165, 1.54) is 6.39 Å². The van der Waals surface area contributed by atoms with Crippen molar-refractivity contribution in [2.75, 3.05) is 11.9 Å². The Morgan fingerprint density at radius 1 is 1.21 bits per heavy atom. The third kappa shape index (κ3) is 3.78. The van der Waals surface area contributed by atoms with Crippen LogP contribution in [0.15, 0.2) is 59.3 Å². The molecule has 6 heteroatoms. The molecule has 0 aliphatic rings. The van der Waals surface area contributed by atoms with E-state index in [1.807, 2.05) is 43.3 Å². The van der Waals surface area contributed by atoms with Gasteiger partial charge < -0.3 is 14.5 Å². The van der Waals surface area contributed by atoms with E-state index in [4.69, 9.17) is 9.15 Å². The van der Waals surface area contributed by atoms with Gasteiger partial charge in [-0.2, -0.15) is 0 Å². The van der Waals surface area contributed by atoms with Gasteiger partial charge in [-0.3, -0.25) is 4.79 Å². The molecule has 1 amide bonds. The number of nitrogens with one attached hydrogen (secondary N) is 1. The van der Waals surface area contributed by atoms with Gasteiger partial charge in [0.2, 0.25) is 12.3 Å². The van der Waals surface area contributed by atoms with Crippen molar-refractivity contribution in [3.63, 3.8) is 0 Å². The molecule has 2 aromatic carbocycles. The number of aryl methyl sites for hydroxylation is 1. The molecule has 0 unspecified atom stereocenters. The summed E-state index contributed by atoms with van der Waals surface area (Å²) in [5.74, 6) is 0.901. The fourth-order valence-corrected chi connectivity index (χ4v) is 2.31. The molecule has 0 aliphatic heterocycles. The number of ether oxygens (including phenoxy) is 1. The molecular formula is C18H17N3O3. The van der Waals surface area contributed by atoms with Crippen LogP contribution >= 0.6 is 0 Å². The molecule has 122 valence electrons. The predicted octanol–water partition coefficient (Wildman–Crippen LogP) is 3.32. The largest absolute Gasteiger partial charge is 0.483 e. The van der Waals surface area contributed by atoms with Gasteiger partial charge in [-0.25, -0.2) is 0 Å². The molecule has 1 N–H and O–H groups in total. The Hall–Kier alpha value is -3.15. The highest BCUT2D eigenvalue weighted by atomic mass is 16.5. The molecular weight excluding hydrogens is 306 g/mol. The summed E-state index contributed by atoms with van der Waals surface area (Å²) in [4.78, 5) is 12.1.